The van der Waals surface area contributed by atoms with Gasteiger partial charge in [0.1, 0.15) is 10.8 Å². The molecule has 5 heteroatoms. The molecule has 0 radical (unpaired) electrons. The Hall–Kier alpha value is -0.650. The molecule has 1 aliphatic heterocycles. The Labute approximate surface area is 129 Å². The Balaban J connectivity index is 2.06. The third-order valence-corrected chi connectivity index (χ3v) is 5.23. The van der Waals surface area contributed by atoms with Gasteiger partial charge in [0, 0.05) is 29.2 Å². The van der Waals surface area contributed by atoms with Gasteiger partial charge in [0.05, 0.1) is 0 Å². The van der Waals surface area contributed by atoms with Gasteiger partial charge in [-0.2, -0.15) is 11.8 Å². The summed E-state index contributed by atoms with van der Waals surface area (Å²) >= 11 is 6.91. The van der Waals surface area contributed by atoms with E-state index in [4.69, 9.17) is 18.0 Å². The molecule has 0 unspecified atom stereocenters. The van der Waals surface area contributed by atoms with Gasteiger partial charge < -0.3 is 5.73 Å². The molecule has 1 aliphatic rings. The molecule has 110 valence electrons. The van der Waals surface area contributed by atoms with Crippen LogP contribution in [0.3, 0.4) is 0 Å². The minimum atomic E-state index is -0.339. The van der Waals surface area contributed by atoms with E-state index in [-0.39, 0.29) is 10.8 Å². The summed E-state index contributed by atoms with van der Waals surface area (Å²) in [6, 6.07) is 5.06. The Morgan fingerprint density at radius 3 is 2.90 bits per heavy atom. The number of rotatable bonds is 3. The van der Waals surface area contributed by atoms with Crippen LogP contribution in [0.4, 0.5) is 4.39 Å². The van der Waals surface area contributed by atoms with Gasteiger partial charge >= 0.3 is 0 Å². The van der Waals surface area contributed by atoms with Crippen LogP contribution in [0.2, 0.25) is 0 Å². The number of halogens is 1. The minimum absolute atomic E-state index is 0.122. The maximum atomic E-state index is 13.6. The minimum Gasteiger partial charge on any atom is -0.389 e. The van der Waals surface area contributed by atoms with E-state index in [1.807, 2.05) is 17.8 Å². The Bertz CT molecular complexity index is 503. The fourth-order valence-electron chi connectivity index (χ4n) is 2.34. The van der Waals surface area contributed by atoms with Crippen LogP contribution in [0.25, 0.3) is 0 Å². The highest BCUT2D eigenvalue weighted by Crippen LogP contribution is 2.31. The molecule has 0 amide bonds. The lowest BCUT2D eigenvalue weighted by Crippen LogP contribution is -2.27. The number of thioether (sulfide) groups is 1. The third kappa shape index (κ3) is 4.17. The average Bonchev–Trinajstić information content (AvgIpc) is 2.53. The number of nitrogens with zero attached hydrogens (tertiary/aromatic N) is 1. The molecular weight excluding hydrogens is 291 g/mol. The van der Waals surface area contributed by atoms with Gasteiger partial charge in [0.2, 0.25) is 0 Å². The van der Waals surface area contributed by atoms with E-state index >= 15 is 0 Å². The van der Waals surface area contributed by atoms with Gasteiger partial charge in [-0.15, -0.1) is 0 Å². The highest BCUT2D eigenvalue weighted by Gasteiger charge is 2.23. The van der Waals surface area contributed by atoms with E-state index in [1.54, 1.807) is 6.07 Å². The average molecular weight is 312 g/mol. The fourth-order valence-corrected chi connectivity index (χ4v) is 3.63. The molecule has 2 rings (SSSR count). The van der Waals surface area contributed by atoms with Crippen molar-refractivity contribution in [2.75, 3.05) is 18.8 Å². The quantitative estimate of drug-likeness (QED) is 0.868. The zero-order valence-electron chi connectivity index (χ0n) is 12.0. The van der Waals surface area contributed by atoms with Crippen LogP contribution in [-0.2, 0) is 6.54 Å². The molecule has 20 heavy (non-hydrogen) atoms. The predicted octanol–water partition coefficient (Wildman–Crippen LogP) is 3.18. The summed E-state index contributed by atoms with van der Waals surface area (Å²) in [4.78, 5) is 2.54. The van der Waals surface area contributed by atoms with Gasteiger partial charge in [-0.25, -0.2) is 4.39 Å². The summed E-state index contributed by atoms with van der Waals surface area (Å²) < 4.78 is 13.9. The van der Waals surface area contributed by atoms with E-state index in [9.17, 15) is 4.39 Å². The van der Waals surface area contributed by atoms with E-state index in [0.29, 0.717) is 10.3 Å². The van der Waals surface area contributed by atoms with Crippen molar-refractivity contribution in [2.24, 2.45) is 5.73 Å². The van der Waals surface area contributed by atoms with Crippen LogP contribution in [-0.4, -0.2) is 33.5 Å². The lowest BCUT2D eigenvalue weighted by Gasteiger charge is -2.22. The monoisotopic (exact) mass is 312 g/mol. The van der Waals surface area contributed by atoms with Crippen LogP contribution in [0, 0.1) is 5.82 Å². The van der Waals surface area contributed by atoms with Crippen LogP contribution < -0.4 is 5.73 Å². The third-order valence-electron chi connectivity index (χ3n) is 3.63. The van der Waals surface area contributed by atoms with Crippen molar-refractivity contribution < 1.29 is 4.39 Å². The normalized spacial score (nSPS) is 19.6. The summed E-state index contributed by atoms with van der Waals surface area (Å²) in [6.45, 7) is 7.55. The molecule has 0 spiro atoms. The standard InChI is InChI=1S/C15H21FN2S2/c1-15(2)5-6-18(7-8-20-15)10-11-3-4-13(16)12(9-11)14(17)19/h3-4,9H,5-8,10H2,1-2H3,(H2,17,19). The van der Waals surface area contributed by atoms with Crippen LogP contribution in [0.5, 0.6) is 0 Å². The van der Waals surface area contributed by atoms with Gasteiger partial charge in [-0.3, -0.25) is 4.90 Å². The number of hydrogen-bond donors (Lipinski definition) is 1. The fraction of sp³-hybridized carbons (Fsp3) is 0.533. The topological polar surface area (TPSA) is 29.3 Å². The second-order valence-corrected chi connectivity index (χ2v) is 8.05. The maximum Gasteiger partial charge on any atom is 0.133 e. The summed E-state index contributed by atoms with van der Waals surface area (Å²) in [7, 11) is 0. The van der Waals surface area contributed by atoms with Crippen molar-refractivity contribution >= 4 is 29.0 Å². The molecule has 1 fully saturated rings. The molecule has 0 aromatic heterocycles. The van der Waals surface area contributed by atoms with Gasteiger partial charge in [-0.1, -0.05) is 32.1 Å². The number of benzene rings is 1. The summed E-state index contributed by atoms with van der Waals surface area (Å²) in [5, 5.41) is 0. The molecule has 0 aliphatic carbocycles. The zero-order chi connectivity index (χ0) is 14.8. The van der Waals surface area contributed by atoms with Crippen molar-refractivity contribution in [2.45, 2.75) is 31.6 Å². The molecule has 0 bridgehead atoms. The second kappa shape index (κ2) is 6.41. The molecule has 0 atom stereocenters. The van der Waals surface area contributed by atoms with Crippen molar-refractivity contribution in [1.82, 2.24) is 4.90 Å². The molecular formula is C15H21FN2S2. The number of hydrogen-bond acceptors (Lipinski definition) is 3. The summed E-state index contributed by atoms with van der Waals surface area (Å²) in [5.41, 5.74) is 6.97. The van der Waals surface area contributed by atoms with E-state index in [1.165, 1.54) is 12.5 Å². The van der Waals surface area contributed by atoms with Crippen molar-refractivity contribution in [3.05, 3.63) is 35.1 Å². The summed E-state index contributed by atoms with van der Waals surface area (Å²) in [6.07, 6.45) is 1.17. The smallest absolute Gasteiger partial charge is 0.133 e. The first-order valence-electron chi connectivity index (χ1n) is 6.82. The van der Waals surface area contributed by atoms with Crippen LogP contribution in [0.15, 0.2) is 18.2 Å². The predicted molar refractivity (Wildman–Crippen MR) is 88.7 cm³/mol. The maximum absolute atomic E-state index is 13.6. The molecule has 1 aromatic rings. The highest BCUT2D eigenvalue weighted by atomic mass is 32.2. The largest absolute Gasteiger partial charge is 0.389 e. The highest BCUT2D eigenvalue weighted by molar-refractivity contribution is 8.00. The summed E-state index contributed by atoms with van der Waals surface area (Å²) in [5.74, 6) is 0.796. The van der Waals surface area contributed by atoms with E-state index in [2.05, 4.69) is 18.7 Å². The number of nitrogens with two attached hydrogens (primary N) is 1. The molecule has 1 heterocycles. The Kier molecular flexibility index (Phi) is 5.04. The Morgan fingerprint density at radius 2 is 2.20 bits per heavy atom. The molecule has 0 saturated carbocycles. The number of thiocarbonyl (C=S) groups is 1. The molecule has 2 N–H and O–H groups in total. The van der Waals surface area contributed by atoms with Crippen molar-refractivity contribution in [1.29, 1.82) is 0 Å². The Morgan fingerprint density at radius 1 is 1.45 bits per heavy atom. The van der Waals surface area contributed by atoms with E-state index in [0.717, 1.165) is 31.0 Å². The zero-order valence-corrected chi connectivity index (χ0v) is 13.6. The van der Waals surface area contributed by atoms with Crippen LogP contribution in [0.1, 0.15) is 31.4 Å². The van der Waals surface area contributed by atoms with Crippen LogP contribution >= 0.6 is 24.0 Å². The molecule has 2 nitrogen and oxygen atoms in total. The van der Waals surface area contributed by atoms with Gasteiger partial charge in [0.25, 0.3) is 0 Å². The first kappa shape index (κ1) is 15.7. The lowest BCUT2D eigenvalue weighted by molar-refractivity contribution is 0.276. The first-order chi connectivity index (χ1) is 9.37. The SMILES string of the molecule is CC1(C)CCN(Cc2ccc(F)c(C(N)=S)c2)CCS1. The van der Waals surface area contributed by atoms with Crippen molar-refractivity contribution in [3.63, 3.8) is 0 Å². The lowest BCUT2D eigenvalue weighted by atomic mass is 10.1. The second-order valence-electron chi connectivity index (χ2n) is 5.81. The molecule has 1 saturated heterocycles. The van der Waals surface area contributed by atoms with E-state index < -0.39 is 0 Å². The van der Waals surface area contributed by atoms with Gasteiger partial charge in [-0.05, 0) is 30.7 Å². The molecule has 1 aromatic carbocycles. The van der Waals surface area contributed by atoms with Gasteiger partial charge in [0.15, 0.2) is 0 Å². The van der Waals surface area contributed by atoms with Crippen molar-refractivity contribution in [3.8, 4) is 0 Å². The first-order valence-corrected chi connectivity index (χ1v) is 8.21.